The van der Waals surface area contributed by atoms with Crippen LogP contribution in [-0.2, 0) is 17.9 Å². The molecule has 0 unspecified atom stereocenters. The molecule has 1 amide bonds. The van der Waals surface area contributed by atoms with Gasteiger partial charge in [-0.3, -0.25) is 9.69 Å². The van der Waals surface area contributed by atoms with Gasteiger partial charge < -0.3 is 5.32 Å². The maximum absolute atomic E-state index is 12.2. The van der Waals surface area contributed by atoms with Crippen LogP contribution in [0.4, 0.5) is 0 Å². The molecule has 2 aromatic carbocycles. The van der Waals surface area contributed by atoms with Crippen molar-refractivity contribution in [1.82, 2.24) is 10.2 Å². The van der Waals surface area contributed by atoms with Gasteiger partial charge in [-0.05, 0) is 48.2 Å². The second-order valence-electron chi connectivity index (χ2n) is 8.27. The molecule has 3 nitrogen and oxygen atoms in total. The Hall–Kier alpha value is -2.13. The number of likely N-dealkylation sites (tertiary alicyclic amines) is 1. The molecule has 1 aliphatic rings. The van der Waals surface area contributed by atoms with Gasteiger partial charge in [0.15, 0.2) is 0 Å². The number of rotatable bonds is 5. The minimum atomic E-state index is -0.369. The molecule has 0 aromatic heterocycles. The Bertz CT molecular complexity index is 738. The normalized spacial score (nSPS) is 15.2. The zero-order chi connectivity index (χ0) is 18.6. The Morgan fingerprint density at radius 3 is 2.31 bits per heavy atom. The highest BCUT2D eigenvalue weighted by Crippen LogP contribution is 2.25. The van der Waals surface area contributed by atoms with Crippen LogP contribution in [0.25, 0.3) is 11.1 Å². The first-order valence-corrected chi connectivity index (χ1v) is 9.61. The van der Waals surface area contributed by atoms with Crippen molar-refractivity contribution in [3.63, 3.8) is 0 Å². The average molecular weight is 351 g/mol. The van der Waals surface area contributed by atoms with Gasteiger partial charge in [-0.1, -0.05) is 69.3 Å². The molecule has 0 bridgehead atoms. The lowest BCUT2D eigenvalue weighted by atomic mass is 9.95. The highest BCUT2D eigenvalue weighted by molar-refractivity contribution is 5.81. The van der Waals surface area contributed by atoms with E-state index >= 15 is 0 Å². The molecule has 1 aliphatic heterocycles. The van der Waals surface area contributed by atoms with E-state index in [-0.39, 0.29) is 11.3 Å². The summed E-state index contributed by atoms with van der Waals surface area (Å²) in [6, 6.07) is 17.2. The van der Waals surface area contributed by atoms with Crippen LogP contribution in [-0.4, -0.2) is 23.9 Å². The number of hydrogen-bond acceptors (Lipinski definition) is 2. The molecule has 2 aromatic rings. The second-order valence-corrected chi connectivity index (χ2v) is 8.27. The summed E-state index contributed by atoms with van der Waals surface area (Å²) >= 11 is 0. The van der Waals surface area contributed by atoms with Crippen molar-refractivity contribution in [3.05, 3.63) is 59.7 Å². The molecule has 26 heavy (non-hydrogen) atoms. The Balaban J connectivity index is 1.71. The molecule has 0 atom stereocenters. The van der Waals surface area contributed by atoms with Crippen molar-refractivity contribution in [2.24, 2.45) is 5.41 Å². The van der Waals surface area contributed by atoms with Gasteiger partial charge in [-0.15, -0.1) is 0 Å². The summed E-state index contributed by atoms with van der Waals surface area (Å²) in [5, 5.41) is 3.06. The average Bonchev–Trinajstić information content (AvgIpc) is 3.13. The Kier molecular flexibility index (Phi) is 5.77. The van der Waals surface area contributed by atoms with Gasteiger partial charge in [0.1, 0.15) is 0 Å². The highest BCUT2D eigenvalue weighted by Gasteiger charge is 2.21. The summed E-state index contributed by atoms with van der Waals surface area (Å²) in [5.74, 6) is 0.0771. The first-order chi connectivity index (χ1) is 12.4. The monoisotopic (exact) mass is 350 g/mol. The summed E-state index contributed by atoms with van der Waals surface area (Å²) in [7, 11) is 0. The standard InChI is InChI=1S/C23H30N2O/c1-23(2,3)22(26)24-16-20-8-4-5-9-21(20)19-12-10-18(11-13-19)17-25-14-6-7-15-25/h4-5,8-13H,6-7,14-17H2,1-3H3,(H,24,26). The summed E-state index contributed by atoms with van der Waals surface area (Å²) in [5.41, 5.74) is 4.54. The van der Waals surface area contributed by atoms with E-state index in [0.717, 1.165) is 12.1 Å². The van der Waals surface area contributed by atoms with E-state index in [9.17, 15) is 4.79 Å². The number of amides is 1. The maximum Gasteiger partial charge on any atom is 0.225 e. The fourth-order valence-corrected chi connectivity index (χ4v) is 3.39. The van der Waals surface area contributed by atoms with Gasteiger partial charge in [0.2, 0.25) is 5.91 Å². The number of carbonyl (C=O) groups excluding carboxylic acids is 1. The van der Waals surface area contributed by atoms with E-state index in [0.29, 0.717) is 6.54 Å². The smallest absolute Gasteiger partial charge is 0.225 e. The van der Waals surface area contributed by atoms with E-state index in [2.05, 4.69) is 52.7 Å². The zero-order valence-corrected chi connectivity index (χ0v) is 16.2. The third-order valence-corrected chi connectivity index (χ3v) is 5.01. The number of benzene rings is 2. The van der Waals surface area contributed by atoms with Gasteiger partial charge in [-0.2, -0.15) is 0 Å². The molecular formula is C23H30N2O. The fourth-order valence-electron chi connectivity index (χ4n) is 3.39. The third-order valence-electron chi connectivity index (χ3n) is 5.01. The van der Waals surface area contributed by atoms with Gasteiger partial charge in [0, 0.05) is 18.5 Å². The van der Waals surface area contributed by atoms with E-state index < -0.39 is 0 Å². The molecule has 0 saturated carbocycles. The highest BCUT2D eigenvalue weighted by atomic mass is 16.2. The Labute approximate surface area is 157 Å². The number of carbonyl (C=O) groups is 1. The fraction of sp³-hybridized carbons (Fsp3) is 0.435. The minimum Gasteiger partial charge on any atom is -0.352 e. The molecular weight excluding hydrogens is 320 g/mol. The summed E-state index contributed by atoms with van der Waals surface area (Å²) in [6.07, 6.45) is 2.65. The van der Waals surface area contributed by atoms with Crippen molar-refractivity contribution >= 4 is 5.91 Å². The lowest BCUT2D eigenvalue weighted by molar-refractivity contribution is -0.128. The van der Waals surface area contributed by atoms with Crippen molar-refractivity contribution in [2.45, 2.75) is 46.7 Å². The van der Waals surface area contributed by atoms with Gasteiger partial charge in [0.25, 0.3) is 0 Å². The number of hydrogen-bond donors (Lipinski definition) is 1. The SMILES string of the molecule is CC(C)(C)C(=O)NCc1ccccc1-c1ccc(CN2CCCC2)cc1. The quantitative estimate of drug-likeness (QED) is 0.854. The molecule has 0 radical (unpaired) electrons. The largest absolute Gasteiger partial charge is 0.352 e. The van der Waals surface area contributed by atoms with Gasteiger partial charge >= 0.3 is 0 Å². The molecule has 0 spiro atoms. The van der Waals surface area contributed by atoms with Crippen LogP contribution in [0.15, 0.2) is 48.5 Å². The van der Waals surface area contributed by atoms with Gasteiger partial charge in [0.05, 0.1) is 0 Å². The molecule has 1 heterocycles. The Morgan fingerprint density at radius 2 is 1.65 bits per heavy atom. The van der Waals surface area contributed by atoms with Crippen molar-refractivity contribution < 1.29 is 4.79 Å². The maximum atomic E-state index is 12.2. The van der Waals surface area contributed by atoms with Crippen LogP contribution in [0.5, 0.6) is 0 Å². The van der Waals surface area contributed by atoms with Crippen LogP contribution in [0.1, 0.15) is 44.7 Å². The van der Waals surface area contributed by atoms with Crippen LogP contribution in [0.2, 0.25) is 0 Å². The second kappa shape index (κ2) is 8.05. The zero-order valence-electron chi connectivity index (χ0n) is 16.2. The molecule has 1 N–H and O–H groups in total. The summed E-state index contributed by atoms with van der Waals surface area (Å²) < 4.78 is 0. The van der Waals surface area contributed by atoms with Crippen LogP contribution < -0.4 is 5.32 Å². The molecule has 3 heteroatoms. The van der Waals surface area contributed by atoms with E-state index in [4.69, 9.17) is 0 Å². The first-order valence-electron chi connectivity index (χ1n) is 9.61. The third kappa shape index (κ3) is 4.73. The molecule has 1 saturated heterocycles. The van der Waals surface area contributed by atoms with E-state index in [1.54, 1.807) is 0 Å². The summed E-state index contributed by atoms with van der Waals surface area (Å²) in [4.78, 5) is 14.7. The first kappa shape index (κ1) is 18.7. The molecule has 0 aliphatic carbocycles. The minimum absolute atomic E-state index is 0.0771. The topological polar surface area (TPSA) is 32.3 Å². The van der Waals surface area contributed by atoms with Crippen molar-refractivity contribution in [1.29, 1.82) is 0 Å². The van der Waals surface area contributed by atoms with Crippen LogP contribution >= 0.6 is 0 Å². The van der Waals surface area contributed by atoms with Crippen molar-refractivity contribution in [2.75, 3.05) is 13.1 Å². The Morgan fingerprint density at radius 1 is 1.00 bits per heavy atom. The lowest BCUT2D eigenvalue weighted by Crippen LogP contribution is -2.34. The lowest BCUT2D eigenvalue weighted by Gasteiger charge is -2.19. The predicted octanol–water partition coefficient (Wildman–Crippen LogP) is 4.61. The van der Waals surface area contributed by atoms with Crippen LogP contribution in [0, 0.1) is 5.41 Å². The van der Waals surface area contributed by atoms with Gasteiger partial charge in [-0.25, -0.2) is 0 Å². The number of nitrogens with zero attached hydrogens (tertiary/aromatic N) is 1. The predicted molar refractivity (Wildman–Crippen MR) is 108 cm³/mol. The van der Waals surface area contributed by atoms with E-state index in [1.807, 2.05) is 26.8 Å². The van der Waals surface area contributed by atoms with Crippen molar-refractivity contribution in [3.8, 4) is 11.1 Å². The molecule has 138 valence electrons. The van der Waals surface area contributed by atoms with Crippen LogP contribution in [0.3, 0.4) is 0 Å². The molecule has 1 fully saturated rings. The molecule has 3 rings (SSSR count). The summed E-state index contributed by atoms with van der Waals surface area (Å²) in [6.45, 7) is 9.86. The number of nitrogens with one attached hydrogen (secondary N) is 1. The van der Waals surface area contributed by atoms with E-state index in [1.165, 1.54) is 42.6 Å².